The number of rotatable bonds is 5. The Morgan fingerprint density at radius 2 is 2.00 bits per heavy atom. The van der Waals surface area contributed by atoms with Crippen molar-refractivity contribution in [2.45, 2.75) is 13.0 Å². The van der Waals surface area contributed by atoms with Crippen molar-refractivity contribution in [3.8, 4) is 11.5 Å². The van der Waals surface area contributed by atoms with Gasteiger partial charge in [0.1, 0.15) is 13.2 Å². The Balaban J connectivity index is 1.48. The van der Waals surface area contributed by atoms with E-state index in [0.29, 0.717) is 13.2 Å². The van der Waals surface area contributed by atoms with E-state index in [9.17, 15) is 0 Å². The summed E-state index contributed by atoms with van der Waals surface area (Å²) in [6.07, 6.45) is 0.968. The second-order valence-corrected chi connectivity index (χ2v) is 6.07. The second-order valence-electron chi connectivity index (χ2n) is 4.64. The number of thiophene rings is 1. The fourth-order valence-corrected chi connectivity index (χ4v) is 3.18. The van der Waals surface area contributed by atoms with Crippen molar-refractivity contribution < 1.29 is 9.47 Å². The Morgan fingerprint density at radius 3 is 2.80 bits per heavy atom. The van der Waals surface area contributed by atoms with Gasteiger partial charge in [-0.05, 0) is 36.7 Å². The van der Waals surface area contributed by atoms with Crippen LogP contribution in [0.4, 0.5) is 0 Å². The standard InChI is InChI=1S/C15H16ClNO2S/c16-12-8-13(20-10-12)9-17-4-3-11-1-2-14-15(7-11)19-6-5-18-14/h1-2,7-8,10,17H,3-6,9H2. The smallest absolute Gasteiger partial charge is 0.161 e. The van der Waals surface area contributed by atoms with Crippen LogP contribution in [0, 0.1) is 0 Å². The van der Waals surface area contributed by atoms with E-state index in [4.69, 9.17) is 21.1 Å². The summed E-state index contributed by atoms with van der Waals surface area (Å²) in [6, 6.07) is 8.15. The molecule has 0 unspecified atom stereocenters. The Hall–Kier alpha value is -1.23. The highest BCUT2D eigenvalue weighted by Crippen LogP contribution is 2.30. The van der Waals surface area contributed by atoms with Gasteiger partial charge in [0.25, 0.3) is 0 Å². The molecule has 0 amide bonds. The van der Waals surface area contributed by atoms with Crippen LogP contribution in [0.5, 0.6) is 11.5 Å². The first-order valence-electron chi connectivity index (χ1n) is 6.63. The summed E-state index contributed by atoms with van der Waals surface area (Å²) in [4.78, 5) is 1.26. The van der Waals surface area contributed by atoms with Gasteiger partial charge in [0, 0.05) is 16.8 Å². The lowest BCUT2D eigenvalue weighted by molar-refractivity contribution is 0.171. The molecule has 0 radical (unpaired) electrons. The van der Waals surface area contributed by atoms with E-state index in [1.54, 1.807) is 11.3 Å². The van der Waals surface area contributed by atoms with Crippen molar-refractivity contribution in [2.24, 2.45) is 0 Å². The van der Waals surface area contributed by atoms with Gasteiger partial charge in [-0.15, -0.1) is 11.3 Å². The number of nitrogens with one attached hydrogen (secondary N) is 1. The van der Waals surface area contributed by atoms with Crippen molar-refractivity contribution in [3.63, 3.8) is 0 Å². The summed E-state index contributed by atoms with van der Waals surface area (Å²) in [7, 11) is 0. The summed E-state index contributed by atoms with van der Waals surface area (Å²) in [5, 5.41) is 6.20. The van der Waals surface area contributed by atoms with E-state index >= 15 is 0 Å². The molecule has 0 fully saturated rings. The molecule has 0 saturated carbocycles. The number of ether oxygens (including phenoxy) is 2. The maximum absolute atomic E-state index is 5.89. The van der Waals surface area contributed by atoms with Crippen molar-refractivity contribution in [1.82, 2.24) is 5.32 Å². The molecule has 2 heterocycles. The molecule has 1 aromatic heterocycles. The van der Waals surface area contributed by atoms with Crippen molar-refractivity contribution in [2.75, 3.05) is 19.8 Å². The lowest BCUT2D eigenvalue weighted by Crippen LogP contribution is -2.17. The SMILES string of the molecule is Clc1csc(CNCCc2ccc3c(c2)OCCO3)c1. The van der Waals surface area contributed by atoms with Gasteiger partial charge in [0.2, 0.25) is 0 Å². The van der Waals surface area contributed by atoms with E-state index in [2.05, 4.69) is 17.4 Å². The zero-order chi connectivity index (χ0) is 13.8. The molecule has 0 spiro atoms. The molecule has 1 N–H and O–H groups in total. The average Bonchev–Trinajstić information content (AvgIpc) is 2.89. The Labute approximate surface area is 127 Å². The van der Waals surface area contributed by atoms with Crippen LogP contribution >= 0.6 is 22.9 Å². The zero-order valence-corrected chi connectivity index (χ0v) is 12.6. The van der Waals surface area contributed by atoms with Gasteiger partial charge in [0.05, 0.1) is 5.02 Å². The van der Waals surface area contributed by atoms with Crippen LogP contribution in [0.25, 0.3) is 0 Å². The minimum absolute atomic E-state index is 0.633. The largest absolute Gasteiger partial charge is 0.486 e. The van der Waals surface area contributed by atoms with Gasteiger partial charge >= 0.3 is 0 Å². The van der Waals surface area contributed by atoms with Crippen LogP contribution in [0.1, 0.15) is 10.4 Å². The molecule has 106 valence electrons. The highest BCUT2D eigenvalue weighted by Gasteiger charge is 2.11. The summed E-state index contributed by atoms with van der Waals surface area (Å²) < 4.78 is 11.1. The maximum atomic E-state index is 5.89. The van der Waals surface area contributed by atoms with Gasteiger partial charge in [-0.3, -0.25) is 0 Å². The van der Waals surface area contributed by atoms with E-state index in [1.807, 2.05) is 17.5 Å². The topological polar surface area (TPSA) is 30.5 Å². The predicted octanol–water partition coefficient (Wildman–Crippen LogP) is 3.51. The van der Waals surface area contributed by atoms with E-state index < -0.39 is 0 Å². The highest BCUT2D eigenvalue weighted by molar-refractivity contribution is 7.10. The van der Waals surface area contributed by atoms with Gasteiger partial charge in [-0.25, -0.2) is 0 Å². The predicted molar refractivity (Wildman–Crippen MR) is 82.2 cm³/mol. The summed E-state index contributed by atoms with van der Waals surface area (Å²) in [5.41, 5.74) is 1.26. The molecule has 3 nitrogen and oxygen atoms in total. The van der Waals surface area contributed by atoms with Gasteiger partial charge < -0.3 is 14.8 Å². The number of hydrogen-bond donors (Lipinski definition) is 1. The second kappa shape index (κ2) is 6.48. The molecule has 0 atom stereocenters. The van der Waals surface area contributed by atoms with Gasteiger partial charge in [0.15, 0.2) is 11.5 Å². The van der Waals surface area contributed by atoms with E-state index in [0.717, 1.165) is 36.0 Å². The van der Waals surface area contributed by atoms with Crippen molar-refractivity contribution in [1.29, 1.82) is 0 Å². The molecule has 0 saturated heterocycles. The van der Waals surface area contributed by atoms with Crippen LogP contribution in [-0.2, 0) is 13.0 Å². The van der Waals surface area contributed by atoms with Gasteiger partial charge in [-0.1, -0.05) is 17.7 Å². The third-order valence-corrected chi connectivity index (χ3v) is 4.40. The normalized spacial score (nSPS) is 13.4. The molecule has 20 heavy (non-hydrogen) atoms. The molecular weight excluding hydrogens is 294 g/mol. The summed E-state index contributed by atoms with van der Waals surface area (Å²) in [6.45, 7) is 3.06. The first-order valence-corrected chi connectivity index (χ1v) is 7.89. The third kappa shape index (κ3) is 3.45. The first-order chi connectivity index (χ1) is 9.81. The van der Waals surface area contributed by atoms with Crippen LogP contribution < -0.4 is 14.8 Å². The molecule has 1 aliphatic rings. The fraction of sp³-hybridized carbons (Fsp3) is 0.333. The van der Waals surface area contributed by atoms with Crippen LogP contribution in [0.2, 0.25) is 5.02 Å². The Morgan fingerprint density at radius 1 is 1.15 bits per heavy atom. The number of halogens is 1. The number of fused-ring (bicyclic) bond motifs is 1. The number of hydrogen-bond acceptors (Lipinski definition) is 4. The highest BCUT2D eigenvalue weighted by atomic mass is 35.5. The third-order valence-electron chi connectivity index (χ3n) is 3.12. The fourth-order valence-electron chi connectivity index (χ4n) is 2.13. The molecular formula is C15H16ClNO2S. The monoisotopic (exact) mass is 309 g/mol. The van der Waals surface area contributed by atoms with Gasteiger partial charge in [-0.2, -0.15) is 0 Å². The lowest BCUT2D eigenvalue weighted by atomic mass is 10.1. The Bertz CT molecular complexity index is 585. The molecule has 1 aromatic carbocycles. The average molecular weight is 310 g/mol. The molecule has 0 aliphatic carbocycles. The van der Waals surface area contributed by atoms with E-state index in [-0.39, 0.29) is 0 Å². The number of benzene rings is 1. The minimum Gasteiger partial charge on any atom is -0.486 e. The minimum atomic E-state index is 0.633. The molecule has 1 aliphatic heterocycles. The van der Waals surface area contributed by atoms with Crippen LogP contribution in [0.15, 0.2) is 29.6 Å². The van der Waals surface area contributed by atoms with Crippen LogP contribution in [-0.4, -0.2) is 19.8 Å². The summed E-state index contributed by atoms with van der Waals surface area (Å²) >= 11 is 7.58. The molecule has 0 bridgehead atoms. The van der Waals surface area contributed by atoms with Crippen LogP contribution in [0.3, 0.4) is 0 Å². The quantitative estimate of drug-likeness (QED) is 0.857. The summed E-state index contributed by atoms with van der Waals surface area (Å²) in [5.74, 6) is 1.71. The molecule has 2 aromatic rings. The first kappa shape index (κ1) is 13.7. The molecule has 5 heteroatoms. The Kier molecular flexibility index (Phi) is 4.45. The van der Waals surface area contributed by atoms with E-state index in [1.165, 1.54) is 10.4 Å². The van der Waals surface area contributed by atoms with Crippen molar-refractivity contribution >= 4 is 22.9 Å². The van der Waals surface area contributed by atoms with Crippen molar-refractivity contribution in [3.05, 3.63) is 45.1 Å². The lowest BCUT2D eigenvalue weighted by Gasteiger charge is -2.18. The molecule has 3 rings (SSSR count). The maximum Gasteiger partial charge on any atom is 0.161 e. The zero-order valence-electron chi connectivity index (χ0n) is 11.0.